The normalized spacial score (nSPS) is 14.3. The molecule has 7 nitrogen and oxygen atoms in total. The average Bonchev–Trinajstić information content (AvgIpc) is 2.98. The summed E-state index contributed by atoms with van der Waals surface area (Å²) in [6.45, 7) is 0.946. The molecule has 0 aromatic heterocycles. The minimum absolute atomic E-state index is 0.128. The Labute approximate surface area is 166 Å². The number of carbonyl (C=O) groups excluding carboxylic acids is 3. The standard InChI is InChI=1S/C21H18FNO6/c1-12(24)23-17-10-14(22)7-8-16(17)19(21(23)26)20(28-3)13-5-4-6-15(9-13)29-11-18(25)27-2/h4-10H,11H2,1-3H3/b20-19+. The van der Waals surface area contributed by atoms with Gasteiger partial charge in [0.15, 0.2) is 6.61 Å². The molecular formula is C21H18FNO6. The Kier molecular flexibility index (Phi) is 5.63. The molecule has 0 spiro atoms. The van der Waals surface area contributed by atoms with Crippen LogP contribution in [0.15, 0.2) is 42.5 Å². The first kappa shape index (κ1) is 20.1. The number of methoxy groups -OCH3 is 2. The third kappa shape index (κ3) is 3.82. The van der Waals surface area contributed by atoms with Crippen LogP contribution in [0, 0.1) is 5.82 Å². The van der Waals surface area contributed by atoms with Crippen LogP contribution in [0.3, 0.4) is 0 Å². The van der Waals surface area contributed by atoms with E-state index in [9.17, 15) is 18.8 Å². The second-order valence-corrected chi connectivity index (χ2v) is 6.12. The number of esters is 1. The van der Waals surface area contributed by atoms with Gasteiger partial charge in [0.2, 0.25) is 5.91 Å². The highest BCUT2D eigenvalue weighted by molar-refractivity contribution is 6.42. The van der Waals surface area contributed by atoms with Crippen LogP contribution in [0.5, 0.6) is 5.75 Å². The first-order valence-electron chi connectivity index (χ1n) is 8.60. The number of halogens is 1. The number of carbonyl (C=O) groups is 3. The van der Waals surface area contributed by atoms with Gasteiger partial charge in [0.05, 0.1) is 25.5 Å². The highest BCUT2D eigenvalue weighted by Gasteiger charge is 2.38. The fourth-order valence-corrected chi connectivity index (χ4v) is 3.06. The van der Waals surface area contributed by atoms with Crippen LogP contribution in [0.1, 0.15) is 18.1 Å². The van der Waals surface area contributed by atoms with E-state index in [-0.39, 0.29) is 23.6 Å². The first-order valence-corrected chi connectivity index (χ1v) is 8.60. The van der Waals surface area contributed by atoms with Crippen LogP contribution in [0.2, 0.25) is 0 Å². The number of hydrogen-bond donors (Lipinski definition) is 0. The molecule has 1 aliphatic rings. The molecule has 0 N–H and O–H groups in total. The number of nitrogens with zero attached hydrogens (tertiary/aromatic N) is 1. The summed E-state index contributed by atoms with van der Waals surface area (Å²) < 4.78 is 29.1. The van der Waals surface area contributed by atoms with Gasteiger partial charge in [-0.2, -0.15) is 0 Å². The van der Waals surface area contributed by atoms with Gasteiger partial charge in [-0.25, -0.2) is 14.1 Å². The van der Waals surface area contributed by atoms with Crippen molar-refractivity contribution in [3.8, 4) is 5.75 Å². The van der Waals surface area contributed by atoms with Gasteiger partial charge in [-0.1, -0.05) is 12.1 Å². The molecule has 0 radical (unpaired) electrons. The number of rotatable bonds is 5. The molecule has 0 bridgehead atoms. The van der Waals surface area contributed by atoms with E-state index in [4.69, 9.17) is 9.47 Å². The van der Waals surface area contributed by atoms with E-state index in [1.165, 1.54) is 33.3 Å². The molecule has 3 rings (SSSR count). The molecule has 2 aromatic rings. The molecule has 0 atom stereocenters. The lowest BCUT2D eigenvalue weighted by Gasteiger charge is -2.13. The number of imide groups is 1. The number of hydrogen-bond acceptors (Lipinski definition) is 6. The molecule has 0 fully saturated rings. The molecule has 2 amide bonds. The lowest BCUT2D eigenvalue weighted by molar-refractivity contribution is -0.143. The zero-order valence-corrected chi connectivity index (χ0v) is 16.0. The Bertz CT molecular complexity index is 1030. The van der Waals surface area contributed by atoms with Gasteiger partial charge < -0.3 is 14.2 Å². The summed E-state index contributed by atoms with van der Waals surface area (Å²) in [4.78, 5) is 37.2. The highest BCUT2D eigenvalue weighted by Crippen LogP contribution is 2.41. The third-order valence-electron chi connectivity index (χ3n) is 4.31. The molecule has 0 unspecified atom stereocenters. The summed E-state index contributed by atoms with van der Waals surface area (Å²) in [6, 6.07) is 10.3. The Balaban J connectivity index is 2.10. The van der Waals surface area contributed by atoms with E-state index in [2.05, 4.69) is 4.74 Å². The number of benzene rings is 2. The predicted molar refractivity (Wildman–Crippen MR) is 102 cm³/mol. The maximum absolute atomic E-state index is 13.7. The summed E-state index contributed by atoms with van der Waals surface area (Å²) in [7, 11) is 2.64. The Hall–Kier alpha value is -3.68. The second kappa shape index (κ2) is 8.14. The Morgan fingerprint density at radius 2 is 1.83 bits per heavy atom. The number of fused-ring (bicyclic) bond motifs is 1. The minimum Gasteiger partial charge on any atom is -0.495 e. The SMILES string of the molecule is COC(=O)COc1cccc(/C(OC)=C2\C(=O)N(C(C)=O)c3cc(F)ccc32)c1. The molecule has 0 saturated carbocycles. The monoisotopic (exact) mass is 399 g/mol. The molecule has 8 heteroatoms. The van der Waals surface area contributed by atoms with Crippen LogP contribution in [0.4, 0.5) is 10.1 Å². The van der Waals surface area contributed by atoms with Crippen molar-refractivity contribution in [2.75, 3.05) is 25.7 Å². The predicted octanol–water partition coefficient (Wildman–Crippen LogP) is 2.79. The van der Waals surface area contributed by atoms with Crippen LogP contribution < -0.4 is 9.64 Å². The van der Waals surface area contributed by atoms with E-state index in [1.807, 2.05) is 0 Å². The molecule has 1 aliphatic heterocycles. The molecule has 1 heterocycles. The maximum atomic E-state index is 13.7. The van der Waals surface area contributed by atoms with Gasteiger partial charge in [-0.05, 0) is 30.3 Å². The zero-order chi connectivity index (χ0) is 21.1. The van der Waals surface area contributed by atoms with Gasteiger partial charge >= 0.3 is 5.97 Å². The van der Waals surface area contributed by atoms with Crippen LogP contribution in [-0.2, 0) is 23.9 Å². The molecular weight excluding hydrogens is 381 g/mol. The van der Waals surface area contributed by atoms with Crippen LogP contribution >= 0.6 is 0 Å². The highest BCUT2D eigenvalue weighted by atomic mass is 19.1. The molecule has 0 saturated heterocycles. The van der Waals surface area contributed by atoms with Gasteiger partial charge in [0.1, 0.15) is 17.3 Å². The first-order chi connectivity index (χ1) is 13.9. The van der Waals surface area contributed by atoms with E-state index < -0.39 is 23.6 Å². The van der Waals surface area contributed by atoms with Crippen molar-refractivity contribution >= 4 is 34.8 Å². The van der Waals surface area contributed by atoms with E-state index in [0.717, 1.165) is 11.0 Å². The van der Waals surface area contributed by atoms with Gasteiger partial charge in [-0.15, -0.1) is 0 Å². The summed E-state index contributed by atoms with van der Waals surface area (Å²) in [5, 5.41) is 0. The van der Waals surface area contributed by atoms with Crippen molar-refractivity contribution in [1.29, 1.82) is 0 Å². The fraction of sp³-hybridized carbons (Fsp3) is 0.190. The molecule has 0 aliphatic carbocycles. The van der Waals surface area contributed by atoms with E-state index in [1.54, 1.807) is 24.3 Å². The summed E-state index contributed by atoms with van der Waals surface area (Å²) in [6.07, 6.45) is 0. The third-order valence-corrected chi connectivity index (χ3v) is 4.31. The maximum Gasteiger partial charge on any atom is 0.343 e. The summed E-state index contributed by atoms with van der Waals surface area (Å²) in [5.74, 6) is -1.72. The zero-order valence-electron chi connectivity index (χ0n) is 16.0. The minimum atomic E-state index is -0.615. The van der Waals surface area contributed by atoms with Crippen molar-refractivity contribution in [3.05, 3.63) is 59.4 Å². The molecule has 2 aromatic carbocycles. The lowest BCUT2D eigenvalue weighted by atomic mass is 10.0. The van der Waals surface area contributed by atoms with E-state index in [0.29, 0.717) is 16.9 Å². The largest absolute Gasteiger partial charge is 0.495 e. The Morgan fingerprint density at radius 3 is 2.48 bits per heavy atom. The van der Waals surface area contributed by atoms with Crippen LogP contribution in [0.25, 0.3) is 11.3 Å². The van der Waals surface area contributed by atoms with Crippen molar-refractivity contribution < 1.29 is 33.0 Å². The molecule has 29 heavy (non-hydrogen) atoms. The Morgan fingerprint density at radius 1 is 1.07 bits per heavy atom. The smallest absolute Gasteiger partial charge is 0.343 e. The topological polar surface area (TPSA) is 82.1 Å². The van der Waals surface area contributed by atoms with Crippen molar-refractivity contribution in [2.45, 2.75) is 6.92 Å². The summed E-state index contributed by atoms with van der Waals surface area (Å²) in [5.41, 5.74) is 1.15. The quantitative estimate of drug-likeness (QED) is 0.437. The van der Waals surface area contributed by atoms with Gasteiger partial charge in [0.25, 0.3) is 5.91 Å². The van der Waals surface area contributed by atoms with Crippen molar-refractivity contribution in [3.63, 3.8) is 0 Å². The number of anilines is 1. The second-order valence-electron chi connectivity index (χ2n) is 6.12. The van der Waals surface area contributed by atoms with Gasteiger partial charge in [0, 0.05) is 18.1 Å². The van der Waals surface area contributed by atoms with E-state index >= 15 is 0 Å². The van der Waals surface area contributed by atoms with Crippen molar-refractivity contribution in [2.24, 2.45) is 0 Å². The van der Waals surface area contributed by atoms with Crippen LogP contribution in [-0.4, -0.2) is 38.6 Å². The van der Waals surface area contributed by atoms with Crippen molar-refractivity contribution in [1.82, 2.24) is 0 Å². The number of amides is 2. The lowest BCUT2D eigenvalue weighted by Crippen LogP contribution is -2.31. The number of ether oxygens (including phenoxy) is 3. The molecule has 150 valence electrons. The average molecular weight is 399 g/mol. The fourth-order valence-electron chi connectivity index (χ4n) is 3.06. The summed E-state index contributed by atoms with van der Waals surface area (Å²) >= 11 is 0. The van der Waals surface area contributed by atoms with Gasteiger partial charge in [-0.3, -0.25) is 9.59 Å².